The van der Waals surface area contributed by atoms with Crippen molar-refractivity contribution in [3.63, 3.8) is 0 Å². The molecule has 0 saturated carbocycles. The van der Waals surface area contributed by atoms with Gasteiger partial charge in [-0.2, -0.15) is 0 Å². The lowest BCUT2D eigenvalue weighted by molar-refractivity contribution is -0.384. The van der Waals surface area contributed by atoms with E-state index in [0.717, 1.165) is 23.5 Å². The minimum absolute atomic E-state index is 0.0386. The number of hydrogen-bond donors (Lipinski definition) is 1. The number of halogens is 1. The van der Waals surface area contributed by atoms with Crippen molar-refractivity contribution >= 4 is 34.6 Å². The standard InChI is InChI=1S/C24H23ClN4O4/c25-20-5-1-2-6-22(20)27-9-10-28-21-8-7-17(29(31)32)12-16(21)13-19(23(28)15-27)24(30)26-14-18-4-3-11-33-18/h1-8,11-12,19,23H,9-10,13-15H2,(H,26,30)/t19-,23-/m1/s1. The molecule has 2 atom stereocenters. The van der Waals surface area contributed by atoms with Gasteiger partial charge in [-0.1, -0.05) is 23.7 Å². The third kappa shape index (κ3) is 4.14. The van der Waals surface area contributed by atoms with Gasteiger partial charge in [0, 0.05) is 37.5 Å². The van der Waals surface area contributed by atoms with Crippen molar-refractivity contribution in [1.29, 1.82) is 0 Å². The summed E-state index contributed by atoms with van der Waals surface area (Å²) in [5.74, 6) is 0.202. The second-order valence-electron chi connectivity index (χ2n) is 8.34. The summed E-state index contributed by atoms with van der Waals surface area (Å²) in [5.41, 5.74) is 2.77. The molecule has 1 aromatic heterocycles. The smallest absolute Gasteiger partial charge is 0.269 e. The molecule has 3 aromatic rings. The van der Waals surface area contributed by atoms with Crippen LogP contribution in [0.1, 0.15) is 11.3 Å². The number of anilines is 2. The summed E-state index contributed by atoms with van der Waals surface area (Å²) < 4.78 is 5.34. The van der Waals surface area contributed by atoms with E-state index in [1.54, 1.807) is 18.4 Å². The number of piperazine rings is 1. The molecule has 33 heavy (non-hydrogen) atoms. The van der Waals surface area contributed by atoms with E-state index in [9.17, 15) is 14.9 Å². The molecule has 2 aromatic carbocycles. The molecule has 1 fully saturated rings. The molecule has 1 N–H and O–H groups in total. The van der Waals surface area contributed by atoms with Crippen LogP contribution in [0.3, 0.4) is 0 Å². The summed E-state index contributed by atoms with van der Waals surface area (Å²) in [6, 6.07) is 16.1. The molecule has 0 unspecified atom stereocenters. The predicted molar refractivity (Wildman–Crippen MR) is 126 cm³/mol. The first kappa shape index (κ1) is 21.3. The van der Waals surface area contributed by atoms with E-state index in [-0.39, 0.29) is 23.6 Å². The number of non-ortho nitro benzene ring substituents is 1. The zero-order valence-corrected chi connectivity index (χ0v) is 18.6. The van der Waals surface area contributed by atoms with Crippen LogP contribution in [-0.4, -0.2) is 36.5 Å². The quantitative estimate of drug-likeness (QED) is 0.451. The van der Waals surface area contributed by atoms with Crippen LogP contribution >= 0.6 is 11.6 Å². The molecule has 2 aliphatic rings. The lowest BCUT2D eigenvalue weighted by Crippen LogP contribution is -2.61. The SMILES string of the molecule is O=C(NCc1ccco1)[C@@H]1Cc2cc([N+](=O)[O-])ccc2N2CCN(c3ccccc3Cl)C[C@H]12. The number of nitrogens with one attached hydrogen (secondary N) is 1. The Bertz CT molecular complexity index is 1180. The average Bonchev–Trinajstić information content (AvgIpc) is 3.35. The molecule has 1 amide bonds. The molecular weight excluding hydrogens is 444 g/mol. The number of furan rings is 1. The Morgan fingerprint density at radius 2 is 2.00 bits per heavy atom. The van der Waals surface area contributed by atoms with Crippen molar-refractivity contribution in [3.05, 3.63) is 87.3 Å². The Kier molecular flexibility index (Phi) is 5.68. The Balaban J connectivity index is 1.46. The highest BCUT2D eigenvalue weighted by atomic mass is 35.5. The van der Waals surface area contributed by atoms with E-state index >= 15 is 0 Å². The highest BCUT2D eigenvalue weighted by Crippen LogP contribution is 2.39. The van der Waals surface area contributed by atoms with Crippen molar-refractivity contribution in [1.82, 2.24) is 5.32 Å². The fourth-order valence-corrected chi connectivity index (χ4v) is 5.12. The number of para-hydroxylation sites is 1. The van der Waals surface area contributed by atoms with Crippen LogP contribution in [0.25, 0.3) is 0 Å². The van der Waals surface area contributed by atoms with Crippen LogP contribution in [-0.2, 0) is 17.8 Å². The number of amides is 1. The second kappa shape index (κ2) is 8.78. The normalized spacial score (nSPS) is 19.5. The molecule has 0 bridgehead atoms. The van der Waals surface area contributed by atoms with Crippen molar-refractivity contribution in [3.8, 4) is 0 Å². The topological polar surface area (TPSA) is 91.9 Å². The zero-order valence-electron chi connectivity index (χ0n) is 17.8. The Morgan fingerprint density at radius 3 is 2.76 bits per heavy atom. The van der Waals surface area contributed by atoms with Crippen molar-refractivity contribution in [2.75, 3.05) is 29.4 Å². The summed E-state index contributed by atoms with van der Waals surface area (Å²) in [6.07, 6.45) is 2.00. The molecule has 8 nitrogen and oxygen atoms in total. The first-order valence-electron chi connectivity index (χ1n) is 10.8. The highest BCUT2D eigenvalue weighted by Gasteiger charge is 2.42. The van der Waals surface area contributed by atoms with Crippen LogP contribution in [0, 0.1) is 16.0 Å². The number of benzene rings is 2. The molecule has 2 aliphatic heterocycles. The van der Waals surface area contributed by atoms with Gasteiger partial charge in [0.05, 0.1) is 40.4 Å². The van der Waals surface area contributed by atoms with Gasteiger partial charge < -0.3 is 19.5 Å². The number of nitro groups is 1. The van der Waals surface area contributed by atoms with Gasteiger partial charge in [0.15, 0.2) is 0 Å². The molecule has 1 saturated heterocycles. The number of nitrogens with zero attached hydrogens (tertiary/aromatic N) is 3. The van der Waals surface area contributed by atoms with Gasteiger partial charge in [-0.05, 0) is 42.3 Å². The molecule has 5 rings (SSSR count). The summed E-state index contributed by atoms with van der Waals surface area (Å²) in [7, 11) is 0. The van der Waals surface area contributed by atoms with Crippen LogP contribution in [0.15, 0.2) is 65.3 Å². The van der Waals surface area contributed by atoms with E-state index in [4.69, 9.17) is 16.0 Å². The minimum atomic E-state index is -0.395. The molecule has 3 heterocycles. The number of carbonyl (C=O) groups excluding carboxylic acids is 1. The predicted octanol–water partition coefficient (Wildman–Crippen LogP) is 4.03. The van der Waals surface area contributed by atoms with E-state index in [1.807, 2.05) is 36.4 Å². The first-order valence-corrected chi connectivity index (χ1v) is 11.2. The molecule has 0 radical (unpaired) electrons. The molecular formula is C24H23ClN4O4. The van der Waals surface area contributed by atoms with Crippen LogP contribution < -0.4 is 15.1 Å². The third-order valence-corrected chi connectivity index (χ3v) is 6.77. The summed E-state index contributed by atoms with van der Waals surface area (Å²) >= 11 is 6.46. The lowest BCUT2D eigenvalue weighted by Gasteiger charge is -2.49. The molecule has 0 aliphatic carbocycles. The Hall–Kier alpha value is -3.52. The Morgan fingerprint density at radius 1 is 1.15 bits per heavy atom. The number of rotatable bonds is 5. The number of carbonyl (C=O) groups is 1. The number of hydrogen-bond acceptors (Lipinski definition) is 6. The Labute approximate surface area is 195 Å². The fourth-order valence-electron chi connectivity index (χ4n) is 4.87. The van der Waals surface area contributed by atoms with Crippen LogP contribution in [0.4, 0.5) is 17.1 Å². The van der Waals surface area contributed by atoms with Gasteiger partial charge in [-0.15, -0.1) is 0 Å². The largest absolute Gasteiger partial charge is 0.467 e. The third-order valence-electron chi connectivity index (χ3n) is 6.45. The van der Waals surface area contributed by atoms with Crippen molar-refractivity contribution in [2.45, 2.75) is 19.0 Å². The second-order valence-corrected chi connectivity index (χ2v) is 8.74. The van der Waals surface area contributed by atoms with E-state index < -0.39 is 4.92 Å². The average molecular weight is 467 g/mol. The molecule has 170 valence electrons. The lowest BCUT2D eigenvalue weighted by atomic mass is 9.83. The van der Waals surface area contributed by atoms with Gasteiger partial charge >= 0.3 is 0 Å². The fraction of sp³-hybridized carbons (Fsp3) is 0.292. The van der Waals surface area contributed by atoms with Crippen LogP contribution in [0.5, 0.6) is 0 Å². The van der Waals surface area contributed by atoms with Gasteiger partial charge in [-0.3, -0.25) is 14.9 Å². The molecule has 9 heteroatoms. The summed E-state index contributed by atoms with van der Waals surface area (Å²) in [4.78, 5) is 28.7. The van der Waals surface area contributed by atoms with Gasteiger partial charge in [0.2, 0.25) is 5.91 Å². The summed E-state index contributed by atoms with van der Waals surface area (Å²) in [5, 5.41) is 15.0. The first-order chi connectivity index (χ1) is 16.0. The maximum Gasteiger partial charge on any atom is 0.269 e. The number of fused-ring (bicyclic) bond motifs is 3. The van der Waals surface area contributed by atoms with Crippen molar-refractivity contribution in [2.24, 2.45) is 5.92 Å². The van der Waals surface area contributed by atoms with Crippen molar-refractivity contribution < 1.29 is 14.1 Å². The van der Waals surface area contributed by atoms with Gasteiger partial charge in [0.25, 0.3) is 5.69 Å². The minimum Gasteiger partial charge on any atom is -0.467 e. The van der Waals surface area contributed by atoms with Gasteiger partial charge in [0.1, 0.15) is 5.76 Å². The highest BCUT2D eigenvalue weighted by molar-refractivity contribution is 6.33. The van der Waals surface area contributed by atoms with E-state index in [0.29, 0.717) is 36.8 Å². The van der Waals surface area contributed by atoms with E-state index in [1.165, 1.54) is 6.07 Å². The monoisotopic (exact) mass is 466 g/mol. The van der Waals surface area contributed by atoms with E-state index in [2.05, 4.69) is 15.1 Å². The summed E-state index contributed by atoms with van der Waals surface area (Å²) in [6.45, 7) is 2.34. The molecule has 0 spiro atoms. The zero-order chi connectivity index (χ0) is 22.9. The van der Waals surface area contributed by atoms with Crippen LogP contribution in [0.2, 0.25) is 5.02 Å². The number of nitro benzene ring substituents is 1. The van der Waals surface area contributed by atoms with Gasteiger partial charge in [-0.25, -0.2) is 0 Å². The maximum absolute atomic E-state index is 13.3. The maximum atomic E-state index is 13.3.